The lowest BCUT2D eigenvalue weighted by molar-refractivity contribution is -0.148. The third-order valence-electron chi connectivity index (χ3n) is 2.26. The molecule has 0 saturated carbocycles. The Balaban J connectivity index is 2.28. The van der Waals surface area contributed by atoms with Gasteiger partial charge in [0.1, 0.15) is 24.7 Å². The van der Waals surface area contributed by atoms with E-state index in [1.54, 1.807) is 38.1 Å². The summed E-state index contributed by atoms with van der Waals surface area (Å²) >= 11 is 0. The van der Waals surface area contributed by atoms with E-state index in [2.05, 4.69) is 0 Å². The van der Waals surface area contributed by atoms with Gasteiger partial charge in [-0.1, -0.05) is 19.9 Å². The minimum absolute atomic E-state index is 0.00419. The molecule has 0 aliphatic carbocycles. The van der Waals surface area contributed by atoms with Crippen molar-refractivity contribution in [2.75, 3.05) is 20.3 Å². The van der Waals surface area contributed by atoms with Gasteiger partial charge in [0, 0.05) is 6.07 Å². The Morgan fingerprint density at radius 2 is 1.75 bits per heavy atom. The fourth-order valence-electron chi connectivity index (χ4n) is 1.22. The number of benzene rings is 1. The van der Waals surface area contributed by atoms with Gasteiger partial charge in [-0.25, -0.2) is 4.79 Å². The SMILES string of the molecule is COc1cccc(OC(=O)OCCOC(=O)C(C)C)c1. The highest BCUT2D eigenvalue weighted by atomic mass is 16.7. The fraction of sp³-hybridized carbons (Fsp3) is 0.429. The van der Waals surface area contributed by atoms with Crippen molar-refractivity contribution < 1.29 is 28.5 Å². The highest BCUT2D eigenvalue weighted by Gasteiger charge is 2.10. The van der Waals surface area contributed by atoms with Crippen LogP contribution in [0.1, 0.15) is 13.8 Å². The van der Waals surface area contributed by atoms with Crippen molar-refractivity contribution in [1.29, 1.82) is 0 Å². The Hall–Kier alpha value is -2.24. The van der Waals surface area contributed by atoms with E-state index in [9.17, 15) is 9.59 Å². The molecule has 6 nitrogen and oxygen atoms in total. The first-order valence-electron chi connectivity index (χ1n) is 6.18. The lowest BCUT2D eigenvalue weighted by atomic mass is 10.2. The molecule has 0 heterocycles. The van der Waals surface area contributed by atoms with Crippen molar-refractivity contribution in [2.24, 2.45) is 5.92 Å². The van der Waals surface area contributed by atoms with Crippen molar-refractivity contribution in [3.05, 3.63) is 24.3 Å². The van der Waals surface area contributed by atoms with Gasteiger partial charge in [0.2, 0.25) is 0 Å². The Bertz CT molecular complexity index is 455. The van der Waals surface area contributed by atoms with E-state index in [4.69, 9.17) is 18.9 Å². The summed E-state index contributed by atoms with van der Waals surface area (Å²) in [4.78, 5) is 22.5. The van der Waals surface area contributed by atoms with Crippen molar-refractivity contribution in [1.82, 2.24) is 0 Å². The Morgan fingerprint density at radius 3 is 2.40 bits per heavy atom. The van der Waals surface area contributed by atoms with Gasteiger partial charge in [0.05, 0.1) is 13.0 Å². The van der Waals surface area contributed by atoms with E-state index in [0.29, 0.717) is 11.5 Å². The normalized spacial score (nSPS) is 10.0. The number of carbonyl (C=O) groups excluding carboxylic acids is 2. The van der Waals surface area contributed by atoms with Crippen LogP contribution >= 0.6 is 0 Å². The van der Waals surface area contributed by atoms with Crippen LogP contribution in [0.5, 0.6) is 11.5 Å². The molecule has 1 aromatic rings. The molecule has 0 saturated heterocycles. The fourth-order valence-corrected chi connectivity index (χ4v) is 1.22. The number of rotatable bonds is 6. The first-order valence-corrected chi connectivity index (χ1v) is 6.18. The molecule has 20 heavy (non-hydrogen) atoms. The smallest absolute Gasteiger partial charge is 0.497 e. The molecular weight excluding hydrogens is 264 g/mol. The summed E-state index contributed by atoms with van der Waals surface area (Å²) in [6.45, 7) is 3.39. The van der Waals surface area contributed by atoms with E-state index in [0.717, 1.165) is 0 Å². The topological polar surface area (TPSA) is 71.1 Å². The second-order valence-corrected chi connectivity index (χ2v) is 4.20. The molecule has 0 aromatic heterocycles. The van der Waals surface area contributed by atoms with Crippen LogP contribution in [0.2, 0.25) is 0 Å². The summed E-state index contributed by atoms with van der Waals surface area (Å²) < 4.78 is 19.5. The molecule has 0 unspecified atom stereocenters. The summed E-state index contributed by atoms with van der Waals surface area (Å²) in [5.74, 6) is 0.336. The van der Waals surface area contributed by atoms with E-state index in [-0.39, 0.29) is 25.1 Å². The van der Waals surface area contributed by atoms with Crippen molar-refractivity contribution in [3.8, 4) is 11.5 Å². The quantitative estimate of drug-likeness (QED) is 0.453. The summed E-state index contributed by atoms with van der Waals surface area (Å²) in [5, 5.41) is 0. The zero-order chi connectivity index (χ0) is 15.0. The van der Waals surface area contributed by atoms with Crippen molar-refractivity contribution in [3.63, 3.8) is 0 Å². The zero-order valence-electron chi connectivity index (χ0n) is 11.8. The van der Waals surface area contributed by atoms with Crippen LogP contribution in [-0.2, 0) is 14.3 Å². The third-order valence-corrected chi connectivity index (χ3v) is 2.26. The van der Waals surface area contributed by atoms with Gasteiger partial charge < -0.3 is 18.9 Å². The van der Waals surface area contributed by atoms with Gasteiger partial charge in [-0.15, -0.1) is 0 Å². The average Bonchev–Trinajstić information content (AvgIpc) is 2.43. The summed E-state index contributed by atoms with van der Waals surface area (Å²) in [6.07, 6.45) is -0.862. The minimum Gasteiger partial charge on any atom is -0.497 e. The molecule has 0 N–H and O–H groups in total. The molecule has 0 radical (unpaired) electrons. The molecule has 1 aromatic carbocycles. The van der Waals surface area contributed by atoms with Crippen LogP contribution in [0.25, 0.3) is 0 Å². The molecule has 0 aliphatic rings. The van der Waals surface area contributed by atoms with Crippen LogP contribution in [0, 0.1) is 5.92 Å². The van der Waals surface area contributed by atoms with E-state index >= 15 is 0 Å². The van der Waals surface area contributed by atoms with Crippen LogP contribution < -0.4 is 9.47 Å². The monoisotopic (exact) mass is 282 g/mol. The molecule has 0 fully saturated rings. The van der Waals surface area contributed by atoms with Gasteiger partial charge in [-0.05, 0) is 12.1 Å². The third kappa shape index (κ3) is 5.60. The molecule has 0 bridgehead atoms. The van der Waals surface area contributed by atoms with Gasteiger partial charge in [-0.2, -0.15) is 0 Å². The number of ether oxygens (including phenoxy) is 4. The van der Waals surface area contributed by atoms with E-state index in [1.165, 1.54) is 7.11 Å². The number of hydrogen-bond acceptors (Lipinski definition) is 6. The van der Waals surface area contributed by atoms with Crippen molar-refractivity contribution >= 4 is 12.1 Å². The molecule has 0 spiro atoms. The maximum Gasteiger partial charge on any atom is 0.513 e. The van der Waals surface area contributed by atoms with Crippen molar-refractivity contribution in [2.45, 2.75) is 13.8 Å². The predicted octanol–water partition coefficient (Wildman–Crippen LogP) is 2.41. The first kappa shape index (κ1) is 15.8. The van der Waals surface area contributed by atoms with Gasteiger partial charge in [0.15, 0.2) is 0 Å². The van der Waals surface area contributed by atoms with Crippen LogP contribution in [-0.4, -0.2) is 32.4 Å². The number of methoxy groups -OCH3 is 1. The lowest BCUT2D eigenvalue weighted by Gasteiger charge is -2.08. The van der Waals surface area contributed by atoms with Crippen LogP contribution in [0.3, 0.4) is 0 Å². The second-order valence-electron chi connectivity index (χ2n) is 4.20. The zero-order valence-corrected chi connectivity index (χ0v) is 11.8. The Labute approximate surface area is 117 Å². The molecule has 0 atom stereocenters. The largest absolute Gasteiger partial charge is 0.513 e. The molecule has 0 aliphatic heterocycles. The molecule has 110 valence electrons. The Morgan fingerprint density at radius 1 is 1.10 bits per heavy atom. The highest BCUT2D eigenvalue weighted by molar-refractivity contribution is 5.71. The van der Waals surface area contributed by atoms with Crippen LogP contribution in [0.15, 0.2) is 24.3 Å². The first-order chi connectivity index (χ1) is 9.52. The summed E-state index contributed by atoms with van der Waals surface area (Å²) in [7, 11) is 1.51. The maximum atomic E-state index is 11.4. The molecule has 6 heteroatoms. The Kier molecular flexibility index (Phi) is 6.36. The van der Waals surface area contributed by atoms with Crippen LogP contribution in [0.4, 0.5) is 4.79 Å². The predicted molar refractivity (Wildman–Crippen MR) is 70.8 cm³/mol. The van der Waals surface area contributed by atoms with E-state index in [1.807, 2.05) is 0 Å². The minimum atomic E-state index is -0.862. The number of carbonyl (C=O) groups is 2. The van der Waals surface area contributed by atoms with E-state index < -0.39 is 6.16 Å². The summed E-state index contributed by atoms with van der Waals surface area (Å²) in [6, 6.07) is 6.57. The highest BCUT2D eigenvalue weighted by Crippen LogP contribution is 2.19. The molecule has 0 amide bonds. The lowest BCUT2D eigenvalue weighted by Crippen LogP contribution is -2.18. The molecule has 1 rings (SSSR count). The molecular formula is C14H18O6. The standard InChI is InChI=1S/C14H18O6/c1-10(2)13(15)18-7-8-19-14(16)20-12-6-4-5-11(9-12)17-3/h4-6,9-10H,7-8H2,1-3H3. The summed E-state index contributed by atoms with van der Waals surface area (Å²) in [5.41, 5.74) is 0. The number of esters is 1. The maximum absolute atomic E-state index is 11.4. The van der Waals surface area contributed by atoms with Gasteiger partial charge in [0.25, 0.3) is 0 Å². The van der Waals surface area contributed by atoms with Gasteiger partial charge >= 0.3 is 12.1 Å². The number of hydrogen-bond donors (Lipinski definition) is 0. The second kappa shape index (κ2) is 8.04. The van der Waals surface area contributed by atoms with Gasteiger partial charge in [-0.3, -0.25) is 4.79 Å². The average molecular weight is 282 g/mol.